The number of hydrogen-bond acceptors (Lipinski definition) is 7. The summed E-state index contributed by atoms with van der Waals surface area (Å²) in [5.41, 5.74) is 4.71. The van der Waals surface area contributed by atoms with E-state index in [-0.39, 0.29) is 0 Å². The van der Waals surface area contributed by atoms with Gasteiger partial charge in [-0.25, -0.2) is 0 Å². The molecule has 7 heteroatoms. The van der Waals surface area contributed by atoms with Crippen LogP contribution in [0.15, 0.2) is 53.6 Å². The molecule has 0 radical (unpaired) electrons. The van der Waals surface area contributed by atoms with Crippen molar-refractivity contribution in [1.82, 2.24) is 15.3 Å². The van der Waals surface area contributed by atoms with Crippen molar-refractivity contribution < 1.29 is 4.74 Å². The zero-order valence-electron chi connectivity index (χ0n) is 19.9. The average molecular weight is 437 g/mol. The number of anilines is 2. The topological polar surface area (TPSA) is 74.7 Å². The summed E-state index contributed by atoms with van der Waals surface area (Å²) in [6.45, 7) is 11.3. The Balaban J connectivity index is 0.00000176. The SMILES string of the molecule is CC.CCCN(CC)c1cc(/C=N/Nc2ccc3ccccc3c2)nc(OCCNC)n1. The van der Waals surface area contributed by atoms with Gasteiger partial charge in [0.05, 0.1) is 17.6 Å². The molecule has 2 N–H and O–H groups in total. The highest BCUT2D eigenvalue weighted by Gasteiger charge is 2.10. The van der Waals surface area contributed by atoms with Gasteiger partial charge < -0.3 is 15.0 Å². The maximum absolute atomic E-state index is 5.72. The van der Waals surface area contributed by atoms with Crippen molar-refractivity contribution in [3.63, 3.8) is 0 Å². The summed E-state index contributed by atoms with van der Waals surface area (Å²) < 4.78 is 5.72. The van der Waals surface area contributed by atoms with Gasteiger partial charge in [0.15, 0.2) is 0 Å². The van der Waals surface area contributed by atoms with Crippen LogP contribution in [0.2, 0.25) is 0 Å². The first-order valence-electron chi connectivity index (χ1n) is 11.4. The van der Waals surface area contributed by atoms with Crippen LogP contribution in [0.1, 0.15) is 39.8 Å². The smallest absolute Gasteiger partial charge is 0.319 e. The standard InChI is InChI=1S/C23H30N6O.C2H6/c1-4-13-29(5-2)22-16-21(26-23(27-22)30-14-12-24-3)17-25-28-20-11-10-18-8-6-7-9-19(18)15-20;1-2/h6-11,15-17,24,28H,4-5,12-14H2,1-3H3;1-2H3/b25-17+;. The molecule has 3 rings (SSSR count). The van der Waals surface area contributed by atoms with Crippen LogP contribution in [0.5, 0.6) is 6.01 Å². The van der Waals surface area contributed by atoms with Crippen molar-refractivity contribution >= 4 is 28.5 Å². The zero-order chi connectivity index (χ0) is 23.2. The molecule has 32 heavy (non-hydrogen) atoms. The number of nitrogens with zero attached hydrogens (tertiary/aromatic N) is 4. The van der Waals surface area contributed by atoms with Gasteiger partial charge in [0.1, 0.15) is 12.4 Å². The minimum atomic E-state index is 0.365. The van der Waals surface area contributed by atoms with Gasteiger partial charge >= 0.3 is 6.01 Å². The van der Waals surface area contributed by atoms with Crippen LogP contribution in [0.25, 0.3) is 10.8 Å². The van der Waals surface area contributed by atoms with Gasteiger partial charge in [-0.2, -0.15) is 15.1 Å². The highest BCUT2D eigenvalue weighted by molar-refractivity contribution is 5.86. The maximum Gasteiger partial charge on any atom is 0.319 e. The molecule has 0 aliphatic rings. The van der Waals surface area contributed by atoms with Gasteiger partial charge in [0.2, 0.25) is 0 Å². The van der Waals surface area contributed by atoms with Crippen molar-refractivity contribution in [3.05, 3.63) is 54.2 Å². The molecule has 0 atom stereocenters. The minimum absolute atomic E-state index is 0.365. The van der Waals surface area contributed by atoms with E-state index < -0.39 is 0 Å². The fraction of sp³-hybridized carbons (Fsp3) is 0.400. The summed E-state index contributed by atoms with van der Waals surface area (Å²) in [5.74, 6) is 0.848. The highest BCUT2D eigenvalue weighted by Crippen LogP contribution is 2.19. The Labute approximate surface area is 191 Å². The first-order chi connectivity index (χ1) is 15.7. The molecule has 0 amide bonds. The number of nitrogens with one attached hydrogen (secondary N) is 2. The van der Waals surface area contributed by atoms with E-state index in [0.29, 0.717) is 18.3 Å². The highest BCUT2D eigenvalue weighted by atomic mass is 16.5. The lowest BCUT2D eigenvalue weighted by Gasteiger charge is -2.21. The molecule has 0 spiro atoms. The second-order valence-electron chi connectivity index (χ2n) is 6.90. The number of likely N-dealkylation sites (N-methyl/N-ethyl adjacent to an activating group) is 1. The van der Waals surface area contributed by atoms with E-state index in [9.17, 15) is 0 Å². The number of ether oxygens (including phenoxy) is 1. The van der Waals surface area contributed by atoms with E-state index >= 15 is 0 Å². The Bertz CT molecular complexity index is 976. The van der Waals surface area contributed by atoms with E-state index in [1.165, 1.54) is 10.8 Å². The minimum Gasteiger partial charge on any atom is -0.462 e. The number of rotatable bonds is 11. The molecule has 1 aromatic heterocycles. The van der Waals surface area contributed by atoms with Crippen molar-refractivity contribution in [2.75, 3.05) is 43.6 Å². The molecule has 2 aromatic carbocycles. The molecule has 0 saturated carbocycles. The van der Waals surface area contributed by atoms with Crippen molar-refractivity contribution in [2.45, 2.75) is 34.1 Å². The molecule has 0 fully saturated rings. The molecular formula is C25H36N6O. The Morgan fingerprint density at radius 1 is 1.03 bits per heavy atom. The Kier molecular flexibility index (Phi) is 11.0. The molecule has 0 bridgehead atoms. The number of hydrogen-bond donors (Lipinski definition) is 2. The Hall–Kier alpha value is -3.19. The third-order valence-corrected chi connectivity index (χ3v) is 4.63. The van der Waals surface area contributed by atoms with Crippen molar-refractivity contribution in [2.24, 2.45) is 5.10 Å². The number of hydrazone groups is 1. The molecule has 0 aliphatic carbocycles. The molecule has 0 unspecified atom stereocenters. The lowest BCUT2D eigenvalue weighted by molar-refractivity contribution is 0.293. The number of fused-ring (bicyclic) bond motifs is 1. The van der Waals surface area contributed by atoms with E-state index in [0.717, 1.165) is 37.6 Å². The predicted molar refractivity (Wildman–Crippen MR) is 136 cm³/mol. The fourth-order valence-corrected chi connectivity index (χ4v) is 3.10. The molecule has 3 aromatic rings. The van der Waals surface area contributed by atoms with Gasteiger partial charge in [-0.15, -0.1) is 0 Å². The van der Waals surface area contributed by atoms with Crippen LogP contribution in [-0.4, -0.2) is 49.5 Å². The quantitative estimate of drug-likeness (QED) is 0.252. The van der Waals surface area contributed by atoms with E-state index in [1.807, 2.05) is 45.2 Å². The lowest BCUT2D eigenvalue weighted by atomic mass is 10.1. The molecule has 7 nitrogen and oxygen atoms in total. The van der Waals surface area contributed by atoms with Crippen LogP contribution in [0.4, 0.5) is 11.5 Å². The normalized spacial score (nSPS) is 10.7. The third-order valence-electron chi connectivity index (χ3n) is 4.63. The van der Waals surface area contributed by atoms with Gasteiger partial charge in [-0.05, 0) is 43.3 Å². The van der Waals surface area contributed by atoms with Crippen LogP contribution in [0, 0.1) is 0 Å². The van der Waals surface area contributed by atoms with E-state index in [1.54, 1.807) is 6.21 Å². The maximum atomic E-state index is 5.72. The molecule has 0 saturated heterocycles. The van der Waals surface area contributed by atoms with Gasteiger partial charge in [0.25, 0.3) is 0 Å². The van der Waals surface area contributed by atoms with E-state index in [4.69, 9.17) is 4.74 Å². The average Bonchev–Trinajstić information content (AvgIpc) is 2.84. The van der Waals surface area contributed by atoms with Crippen LogP contribution in [-0.2, 0) is 0 Å². The fourth-order valence-electron chi connectivity index (χ4n) is 3.10. The summed E-state index contributed by atoms with van der Waals surface area (Å²) in [5, 5.41) is 9.80. The largest absolute Gasteiger partial charge is 0.462 e. The lowest BCUT2D eigenvalue weighted by Crippen LogP contribution is -2.25. The molecular weight excluding hydrogens is 400 g/mol. The first-order valence-corrected chi connectivity index (χ1v) is 11.4. The second-order valence-corrected chi connectivity index (χ2v) is 6.90. The van der Waals surface area contributed by atoms with Crippen LogP contribution in [0.3, 0.4) is 0 Å². The summed E-state index contributed by atoms with van der Waals surface area (Å²) in [4.78, 5) is 11.3. The van der Waals surface area contributed by atoms with E-state index in [2.05, 4.69) is 68.8 Å². The Morgan fingerprint density at radius 3 is 2.53 bits per heavy atom. The number of benzene rings is 2. The summed E-state index contributed by atoms with van der Waals surface area (Å²) >= 11 is 0. The number of aromatic nitrogens is 2. The summed E-state index contributed by atoms with van der Waals surface area (Å²) in [6, 6.07) is 16.7. The predicted octanol–water partition coefficient (Wildman–Crippen LogP) is 4.94. The first kappa shape index (κ1) is 25.1. The van der Waals surface area contributed by atoms with Crippen molar-refractivity contribution in [1.29, 1.82) is 0 Å². The summed E-state index contributed by atoms with van der Waals surface area (Å²) in [6.07, 6.45) is 2.74. The van der Waals surface area contributed by atoms with Gasteiger partial charge in [-0.3, -0.25) is 5.43 Å². The third kappa shape index (κ3) is 7.50. The Morgan fingerprint density at radius 2 is 1.81 bits per heavy atom. The molecule has 0 aliphatic heterocycles. The van der Waals surface area contributed by atoms with Gasteiger partial charge in [-0.1, -0.05) is 51.1 Å². The second kappa shape index (κ2) is 14.0. The molecule has 172 valence electrons. The molecule has 1 heterocycles. The summed E-state index contributed by atoms with van der Waals surface area (Å²) in [7, 11) is 1.89. The van der Waals surface area contributed by atoms with Crippen LogP contribution < -0.4 is 20.4 Å². The zero-order valence-corrected chi connectivity index (χ0v) is 19.9. The van der Waals surface area contributed by atoms with Crippen molar-refractivity contribution in [3.8, 4) is 6.01 Å². The van der Waals surface area contributed by atoms with Crippen LogP contribution >= 0.6 is 0 Å². The monoisotopic (exact) mass is 436 g/mol. The van der Waals surface area contributed by atoms with Gasteiger partial charge in [0, 0.05) is 25.7 Å².